The first-order valence-corrected chi connectivity index (χ1v) is 5.45. The summed E-state index contributed by atoms with van der Waals surface area (Å²) in [6.07, 6.45) is 0. The van der Waals surface area contributed by atoms with Crippen molar-refractivity contribution in [2.45, 2.75) is 0 Å². The van der Waals surface area contributed by atoms with E-state index in [0.29, 0.717) is 11.6 Å². The van der Waals surface area contributed by atoms with Crippen molar-refractivity contribution in [3.63, 3.8) is 0 Å². The molecule has 0 saturated carbocycles. The Hall–Kier alpha value is -2.50. The lowest BCUT2D eigenvalue weighted by Gasteiger charge is -2.02. The van der Waals surface area contributed by atoms with Crippen LogP contribution in [0, 0.1) is 17.5 Å². The third-order valence-electron chi connectivity index (χ3n) is 2.80. The zero-order valence-electron chi connectivity index (χ0n) is 9.55. The Morgan fingerprint density at radius 1 is 1.00 bits per heavy atom. The number of aromatic nitrogens is 2. The lowest BCUT2D eigenvalue weighted by atomic mass is 10.1. The second-order valence-corrected chi connectivity index (χ2v) is 4.07. The lowest BCUT2D eigenvalue weighted by Crippen LogP contribution is -1.95. The molecule has 0 aliphatic carbocycles. The van der Waals surface area contributed by atoms with Crippen LogP contribution in [0.25, 0.3) is 22.4 Å². The monoisotopic (exact) mass is 263 g/mol. The molecule has 3 nitrogen and oxygen atoms in total. The van der Waals surface area contributed by atoms with Crippen LogP contribution in [0.1, 0.15) is 0 Å². The minimum Gasteiger partial charge on any atom is -0.396 e. The predicted molar refractivity (Wildman–Crippen MR) is 65.8 cm³/mol. The average Bonchev–Trinajstić information content (AvgIpc) is 2.79. The fraction of sp³-hybridized carbons (Fsp3) is 0. The first kappa shape index (κ1) is 11.6. The summed E-state index contributed by atoms with van der Waals surface area (Å²) in [5, 5.41) is 0. The molecule has 3 aromatic rings. The number of para-hydroxylation sites is 1. The number of imidazole rings is 1. The minimum atomic E-state index is -0.844. The lowest BCUT2D eigenvalue weighted by molar-refractivity contribution is 0.588. The summed E-state index contributed by atoms with van der Waals surface area (Å²) in [6, 6.07) is 6.17. The molecule has 1 heterocycles. The van der Waals surface area contributed by atoms with Crippen molar-refractivity contribution >= 4 is 16.7 Å². The maximum atomic E-state index is 13.7. The highest BCUT2D eigenvalue weighted by molar-refractivity contribution is 5.80. The van der Waals surface area contributed by atoms with E-state index in [1.165, 1.54) is 12.1 Å². The van der Waals surface area contributed by atoms with Gasteiger partial charge in [-0.3, -0.25) is 0 Å². The number of hydrogen-bond donors (Lipinski definition) is 2. The largest absolute Gasteiger partial charge is 0.396 e. The summed E-state index contributed by atoms with van der Waals surface area (Å²) in [6.45, 7) is 0. The SMILES string of the molecule is Nc1cc(-c2nc3c(F)cccc3[nH]2)c(F)cc1F. The van der Waals surface area contributed by atoms with E-state index in [2.05, 4.69) is 9.97 Å². The molecule has 0 fully saturated rings. The number of nitrogens with two attached hydrogens (primary N) is 1. The van der Waals surface area contributed by atoms with Gasteiger partial charge < -0.3 is 10.7 Å². The quantitative estimate of drug-likeness (QED) is 0.662. The highest BCUT2D eigenvalue weighted by Gasteiger charge is 2.14. The second kappa shape index (κ2) is 4.01. The van der Waals surface area contributed by atoms with E-state index in [9.17, 15) is 13.2 Å². The molecule has 19 heavy (non-hydrogen) atoms. The highest BCUT2D eigenvalue weighted by atomic mass is 19.1. The summed E-state index contributed by atoms with van der Waals surface area (Å²) in [4.78, 5) is 6.74. The third kappa shape index (κ3) is 1.81. The summed E-state index contributed by atoms with van der Waals surface area (Å²) in [5.74, 6) is -2.07. The number of benzene rings is 2. The van der Waals surface area contributed by atoms with Gasteiger partial charge in [-0.15, -0.1) is 0 Å². The molecule has 2 aromatic carbocycles. The van der Waals surface area contributed by atoms with Gasteiger partial charge in [0.15, 0.2) is 5.82 Å². The number of H-pyrrole nitrogens is 1. The van der Waals surface area contributed by atoms with Gasteiger partial charge >= 0.3 is 0 Å². The van der Waals surface area contributed by atoms with Gasteiger partial charge in [0.2, 0.25) is 0 Å². The molecule has 96 valence electrons. The van der Waals surface area contributed by atoms with E-state index in [1.807, 2.05) is 0 Å². The Labute approximate surface area is 105 Å². The van der Waals surface area contributed by atoms with Crippen molar-refractivity contribution in [1.29, 1.82) is 0 Å². The van der Waals surface area contributed by atoms with E-state index in [-0.39, 0.29) is 22.6 Å². The van der Waals surface area contributed by atoms with Crippen molar-refractivity contribution in [3.8, 4) is 11.4 Å². The van der Waals surface area contributed by atoms with E-state index in [4.69, 9.17) is 5.73 Å². The van der Waals surface area contributed by atoms with Crippen molar-refractivity contribution in [3.05, 3.63) is 47.8 Å². The molecule has 0 unspecified atom stereocenters. The smallest absolute Gasteiger partial charge is 0.151 e. The Morgan fingerprint density at radius 2 is 1.79 bits per heavy atom. The van der Waals surface area contributed by atoms with Gasteiger partial charge in [-0.25, -0.2) is 18.2 Å². The number of nitrogens with one attached hydrogen (secondary N) is 1. The van der Waals surface area contributed by atoms with Gasteiger partial charge in [0.05, 0.1) is 16.8 Å². The number of halogens is 3. The molecule has 0 spiro atoms. The van der Waals surface area contributed by atoms with Gasteiger partial charge in [-0.05, 0) is 18.2 Å². The standard InChI is InChI=1S/C13H8F3N3/c14-7-2-1-3-11-12(7)19-13(18-11)6-4-10(17)9(16)5-8(6)15/h1-5H,17H2,(H,18,19). The van der Waals surface area contributed by atoms with Crippen LogP contribution in [-0.4, -0.2) is 9.97 Å². The second-order valence-electron chi connectivity index (χ2n) is 4.07. The van der Waals surface area contributed by atoms with Crippen LogP contribution in [0.4, 0.5) is 18.9 Å². The summed E-state index contributed by atoms with van der Waals surface area (Å²) >= 11 is 0. The van der Waals surface area contributed by atoms with Crippen LogP contribution in [0.5, 0.6) is 0 Å². The third-order valence-corrected chi connectivity index (χ3v) is 2.80. The van der Waals surface area contributed by atoms with Crippen LogP contribution in [0.2, 0.25) is 0 Å². The molecular formula is C13H8F3N3. The molecule has 0 aliphatic rings. The van der Waals surface area contributed by atoms with E-state index >= 15 is 0 Å². The summed E-state index contributed by atoms with van der Waals surface area (Å²) < 4.78 is 40.3. The predicted octanol–water partition coefficient (Wildman–Crippen LogP) is 3.23. The summed E-state index contributed by atoms with van der Waals surface area (Å²) in [7, 11) is 0. The highest BCUT2D eigenvalue weighted by Crippen LogP contribution is 2.27. The average molecular weight is 263 g/mol. The molecule has 0 saturated heterocycles. The van der Waals surface area contributed by atoms with Crippen molar-refractivity contribution in [2.75, 3.05) is 5.73 Å². The van der Waals surface area contributed by atoms with Crippen molar-refractivity contribution < 1.29 is 13.2 Å². The van der Waals surface area contributed by atoms with Crippen LogP contribution in [-0.2, 0) is 0 Å². The number of nitrogens with zero attached hydrogens (tertiary/aromatic N) is 1. The number of aromatic amines is 1. The first-order valence-electron chi connectivity index (χ1n) is 5.45. The number of fused-ring (bicyclic) bond motifs is 1. The zero-order valence-corrected chi connectivity index (χ0v) is 9.55. The molecule has 0 bridgehead atoms. The number of nitrogen functional groups attached to an aromatic ring is 1. The van der Waals surface area contributed by atoms with Gasteiger partial charge in [0.1, 0.15) is 23.0 Å². The minimum absolute atomic E-state index is 0.00509. The normalized spacial score (nSPS) is 11.1. The van der Waals surface area contributed by atoms with E-state index in [0.717, 1.165) is 6.07 Å². The first-order chi connectivity index (χ1) is 9.06. The maximum absolute atomic E-state index is 13.7. The number of anilines is 1. The molecule has 3 rings (SSSR count). The molecular weight excluding hydrogens is 255 g/mol. The van der Waals surface area contributed by atoms with Crippen LogP contribution >= 0.6 is 0 Å². The van der Waals surface area contributed by atoms with Gasteiger partial charge in [-0.1, -0.05) is 6.07 Å². The summed E-state index contributed by atoms with van der Waals surface area (Å²) in [5.41, 5.74) is 5.72. The Morgan fingerprint density at radius 3 is 2.53 bits per heavy atom. The topological polar surface area (TPSA) is 54.7 Å². The Kier molecular flexibility index (Phi) is 2.45. The van der Waals surface area contributed by atoms with Gasteiger partial charge in [-0.2, -0.15) is 0 Å². The van der Waals surface area contributed by atoms with Gasteiger partial charge in [0.25, 0.3) is 0 Å². The molecule has 3 N–H and O–H groups in total. The fourth-order valence-electron chi connectivity index (χ4n) is 1.87. The Balaban J connectivity index is 2.25. The zero-order chi connectivity index (χ0) is 13.6. The molecule has 0 radical (unpaired) electrons. The fourth-order valence-corrected chi connectivity index (χ4v) is 1.87. The maximum Gasteiger partial charge on any atom is 0.151 e. The van der Waals surface area contributed by atoms with Crippen LogP contribution in [0.15, 0.2) is 30.3 Å². The number of hydrogen-bond acceptors (Lipinski definition) is 2. The van der Waals surface area contributed by atoms with E-state index < -0.39 is 17.5 Å². The van der Waals surface area contributed by atoms with Crippen molar-refractivity contribution in [2.24, 2.45) is 0 Å². The molecule has 0 amide bonds. The van der Waals surface area contributed by atoms with Gasteiger partial charge in [0, 0.05) is 6.07 Å². The molecule has 6 heteroatoms. The Bertz CT molecular complexity index is 780. The van der Waals surface area contributed by atoms with Crippen molar-refractivity contribution in [1.82, 2.24) is 9.97 Å². The van der Waals surface area contributed by atoms with Crippen LogP contribution in [0.3, 0.4) is 0 Å². The molecule has 0 atom stereocenters. The van der Waals surface area contributed by atoms with E-state index in [1.54, 1.807) is 6.07 Å². The molecule has 1 aromatic heterocycles. The molecule has 0 aliphatic heterocycles. The van der Waals surface area contributed by atoms with Crippen LogP contribution < -0.4 is 5.73 Å². The number of rotatable bonds is 1.